The van der Waals surface area contributed by atoms with Crippen LogP contribution >= 0.6 is 0 Å². The molecule has 34 heavy (non-hydrogen) atoms. The lowest BCUT2D eigenvalue weighted by atomic mass is 9.62. The number of aryl methyl sites for hydroxylation is 1. The Morgan fingerprint density at radius 3 is 2.47 bits per heavy atom. The quantitative estimate of drug-likeness (QED) is 0.462. The maximum absolute atomic E-state index is 13.2. The Morgan fingerprint density at radius 2 is 1.88 bits per heavy atom. The number of rotatable bonds is 9. The van der Waals surface area contributed by atoms with E-state index in [1.807, 2.05) is 25.1 Å². The van der Waals surface area contributed by atoms with E-state index >= 15 is 0 Å². The molecule has 0 spiro atoms. The van der Waals surface area contributed by atoms with E-state index in [1.54, 1.807) is 6.07 Å². The molecule has 0 amide bonds. The molecule has 1 aromatic heterocycles. The standard InChI is InChI=1S/C28H37NO5/c1-19-7-6-8-20(15-19)11-14-34-24-16-21(18-29-25(24)33-5)23(30)17-28(26(31)32)12-9-22(10-13-28)27(2,3)4/h6-8,15-16,18,22H,9-14,17H2,1-5H3,(H,31,32). The van der Waals surface area contributed by atoms with Crippen LogP contribution in [0.4, 0.5) is 0 Å². The summed E-state index contributed by atoms with van der Waals surface area (Å²) in [5, 5.41) is 10.0. The van der Waals surface area contributed by atoms with Crippen LogP contribution in [0, 0.1) is 23.7 Å². The molecule has 1 saturated carbocycles. The van der Waals surface area contributed by atoms with E-state index in [0.29, 0.717) is 49.0 Å². The largest absolute Gasteiger partial charge is 0.488 e. The zero-order chi connectivity index (χ0) is 24.9. The second-order valence-corrected chi connectivity index (χ2v) is 10.6. The lowest BCUT2D eigenvalue weighted by Crippen LogP contribution is -2.39. The summed E-state index contributed by atoms with van der Waals surface area (Å²) in [7, 11) is 1.50. The Balaban J connectivity index is 1.70. The van der Waals surface area contributed by atoms with Gasteiger partial charge >= 0.3 is 5.97 Å². The third-order valence-corrected chi connectivity index (χ3v) is 7.18. The van der Waals surface area contributed by atoms with Crippen molar-refractivity contribution >= 4 is 11.8 Å². The molecule has 184 valence electrons. The molecule has 3 rings (SSSR count). The smallest absolute Gasteiger partial charge is 0.310 e. The van der Waals surface area contributed by atoms with Gasteiger partial charge < -0.3 is 14.6 Å². The molecule has 6 heteroatoms. The highest BCUT2D eigenvalue weighted by molar-refractivity contribution is 5.99. The molecule has 2 aromatic rings. The van der Waals surface area contributed by atoms with Crippen molar-refractivity contribution in [2.24, 2.45) is 16.7 Å². The average molecular weight is 468 g/mol. The third-order valence-electron chi connectivity index (χ3n) is 7.18. The molecule has 0 aliphatic heterocycles. The highest BCUT2D eigenvalue weighted by Gasteiger charge is 2.45. The fraction of sp³-hybridized carbons (Fsp3) is 0.536. The topological polar surface area (TPSA) is 85.7 Å². The summed E-state index contributed by atoms with van der Waals surface area (Å²) in [4.78, 5) is 29.7. The van der Waals surface area contributed by atoms with Crippen molar-refractivity contribution < 1.29 is 24.2 Å². The van der Waals surface area contributed by atoms with Gasteiger partial charge in [-0.3, -0.25) is 9.59 Å². The van der Waals surface area contributed by atoms with E-state index in [1.165, 1.54) is 18.9 Å². The second-order valence-electron chi connectivity index (χ2n) is 10.6. The Morgan fingerprint density at radius 1 is 1.18 bits per heavy atom. The van der Waals surface area contributed by atoms with Crippen LogP contribution in [0.15, 0.2) is 36.5 Å². The van der Waals surface area contributed by atoms with Crippen molar-refractivity contribution in [3.8, 4) is 11.6 Å². The summed E-state index contributed by atoms with van der Waals surface area (Å²) >= 11 is 0. The first-order chi connectivity index (χ1) is 16.0. The molecule has 0 unspecified atom stereocenters. The first-order valence-corrected chi connectivity index (χ1v) is 12.0. The summed E-state index contributed by atoms with van der Waals surface area (Å²) in [5.74, 6) is 0.0481. The summed E-state index contributed by atoms with van der Waals surface area (Å²) in [6, 6.07) is 9.84. The number of nitrogens with zero attached hydrogens (tertiary/aromatic N) is 1. The third kappa shape index (κ3) is 6.16. The molecule has 0 atom stereocenters. The average Bonchev–Trinajstić information content (AvgIpc) is 2.78. The first-order valence-electron chi connectivity index (χ1n) is 12.0. The van der Waals surface area contributed by atoms with Gasteiger partial charge in [0.2, 0.25) is 0 Å². The predicted molar refractivity (Wildman–Crippen MR) is 132 cm³/mol. The van der Waals surface area contributed by atoms with Gasteiger partial charge in [-0.25, -0.2) is 4.98 Å². The van der Waals surface area contributed by atoms with E-state index in [0.717, 1.165) is 18.4 Å². The number of ether oxygens (including phenoxy) is 2. The molecule has 1 aliphatic rings. The van der Waals surface area contributed by atoms with Crippen molar-refractivity contribution in [1.82, 2.24) is 4.98 Å². The zero-order valence-electron chi connectivity index (χ0n) is 21.0. The van der Waals surface area contributed by atoms with Gasteiger partial charge in [-0.1, -0.05) is 50.6 Å². The van der Waals surface area contributed by atoms with E-state index in [2.05, 4.69) is 31.8 Å². The number of hydrogen-bond donors (Lipinski definition) is 1. The van der Waals surface area contributed by atoms with Gasteiger partial charge in [0, 0.05) is 24.6 Å². The number of carboxylic acids is 1. The fourth-order valence-corrected chi connectivity index (χ4v) is 4.90. The molecule has 0 radical (unpaired) electrons. The van der Waals surface area contributed by atoms with Gasteiger partial charge in [-0.05, 0) is 55.6 Å². The molecule has 1 aliphatic carbocycles. The van der Waals surface area contributed by atoms with Crippen LogP contribution < -0.4 is 9.47 Å². The maximum Gasteiger partial charge on any atom is 0.310 e. The number of hydrogen-bond acceptors (Lipinski definition) is 5. The fourth-order valence-electron chi connectivity index (χ4n) is 4.90. The summed E-state index contributed by atoms with van der Waals surface area (Å²) < 4.78 is 11.2. The number of aromatic nitrogens is 1. The summed E-state index contributed by atoms with van der Waals surface area (Å²) in [6.07, 6.45) is 4.79. The van der Waals surface area contributed by atoms with Crippen molar-refractivity contribution in [3.63, 3.8) is 0 Å². The van der Waals surface area contributed by atoms with E-state index < -0.39 is 11.4 Å². The second kappa shape index (κ2) is 10.6. The molecule has 1 aromatic carbocycles. The SMILES string of the molecule is COc1ncc(C(=O)CC2(C(=O)O)CCC(C(C)(C)C)CC2)cc1OCCc1cccc(C)c1. The Hall–Kier alpha value is -2.89. The van der Waals surface area contributed by atoms with Crippen LogP contribution in [0.2, 0.25) is 0 Å². The molecule has 6 nitrogen and oxygen atoms in total. The molecule has 1 N–H and O–H groups in total. The lowest BCUT2D eigenvalue weighted by Gasteiger charge is -2.41. The Bertz CT molecular complexity index is 1020. The van der Waals surface area contributed by atoms with Gasteiger partial charge in [0.15, 0.2) is 11.5 Å². The van der Waals surface area contributed by atoms with Crippen molar-refractivity contribution in [1.29, 1.82) is 0 Å². The molecular weight excluding hydrogens is 430 g/mol. The van der Waals surface area contributed by atoms with Crippen LogP contribution in [-0.2, 0) is 11.2 Å². The molecule has 0 saturated heterocycles. The Labute approximate surface area is 202 Å². The first kappa shape index (κ1) is 25.7. The van der Waals surface area contributed by atoms with Crippen molar-refractivity contribution in [2.75, 3.05) is 13.7 Å². The van der Waals surface area contributed by atoms with E-state index in [-0.39, 0.29) is 17.6 Å². The van der Waals surface area contributed by atoms with Gasteiger partial charge in [0.05, 0.1) is 19.1 Å². The minimum absolute atomic E-state index is 0.0318. The van der Waals surface area contributed by atoms with Gasteiger partial charge in [-0.2, -0.15) is 0 Å². The number of pyridine rings is 1. The number of Topliss-reactive ketones (excluding diaryl/α,β-unsaturated/α-hetero) is 1. The number of carboxylic acid groups (broad SMARTS) is 1. The van der Waals surface area contributed by atoms with Gasteiger partial charge in [-0.15, -0.1) is 0 Å². The number of methoxy groups -OCH3 is 1. The zero-order valence-corrected chi connectivity index (χ0v) is 21.0. The van der Waals surface area contributed by atoms with Crippen molar-refractivity contribution in [2.45, 2.75) is 66.2 Å². The summed E-state index contributed by atoms with van der Waals surface area (Å²) in [6.45, 7) is 9.04. The van der Waals surface area contributed by atoms with Gasteiger partial charge in [0.1, 0.15) is 0 Å². The molecule has 1 fully saturated rings. The predicted octanol–water partition coefficient (Wildman–Crippen LogP) is 5.90. The molecular formula is C28H37NO5. The molecule has 0 bridgehead atoms. The normalized spacial score (nSPS) is 20.6. The lowest BCUT2D eigenvalue weighted by molar-refractivity contribution is -0.152. The maximum atomic E-state index is 13.2. The number of carbonyl (C=O) groups excluding carboxylic acids is 1. The monoisotopic (exact) mass is 467 g/mol. The number of ketones is 1. The highest BCUT2D eigenvalue weighted by Crippen LogP contribution is 2.47. The minimum Gasteiger partial charge on any atom is -0.488 e. The number of benzene rings is 1. The summed E-state index contributed by atoms with van der Waals surface area (Å²) in [5.41, 5.74) is 1.82. The van der Waals surface area contributed by atoms with Crippen molar-refractivity contribution in [3.05, 3.63) is 53.2 Å². The van der Waals surface area contributed by atoms with Crippen LogP contribution in [0.1, 0.15) is 74.4 Å². The minimum atomic E-state index is -1.02. The number of carbonyl (C=O) groups is 2. The van der Waals surface area contributed by atoms with Crippen LogP contribution in [0.25, 0.3) is 0 Å². The molecule has 1 heterocycles. The number of aliphatic carboxylic acids is 1. The van der Waals surface area contributed by atoms with E-state index in [9.17, 15) is 14.7 Å². The van der Waals surface area contributed by atoms with Crippen LogP contribution in [0.3, 0.4) is 0 Å². The van der Waals surface area contributed by atoms with Crippen LogP contribution in [-0.4, -0.2) is 35.6 Å². The van der Waals surface area contributed by atoms with Gasteiger partial charge in [0.25, 0.3) is 5.88 Å². The highest BCUT2D eigenvalue weighted by atomic mass is 16.5. The Kier molecular flexibility index (Phi) is 8.01. The van der Waals surface area contributed by atoms with E-state index in [4.69, 9.17) is 9.47 Å². The van der Waals surface area contributed by atoms with Crippen LogP contribution in [0.5, 0.6) is 11.6 Å².